The summed E-state index contributed by atoms with van der Waals surface area (Å²) in [7, 11) is 0. The van der Waals surface area contributed by atoms with E-state index in [2.05, 4.69) is 305 Å². The maximum absolute atomic E-state index is 2.40. The van der Waals surface area contributed by atoms with E-state index in [1.165, 1.54) is 111 Å². The Hall–Kier alpha value is -4.68. The maximum atomic E-state index is 2.40. The lowest BCUT2D eigenvalue weighted by atomic mass is 9.79. The van der Waals surface area contributed by atoms with E-state index in [1.54, 1.807) is 0 Å². The minimum absolute atomic E-state index is 0.241. The summed E-state index contributed by atoms with van der Waals surface area (Å²) in [6, 6.07) is 35.9. The molecule has 6 rings (SSSR count). The highest BCUT2D eigenvalue weighted by atomic mass is 14.3. The van der Waals surface area contributed by atoms with Crippen molar-refractivity contribution in [3.8, 4) is 0 Å². The van der Waals surface area contributed by atoms with Gasteiger partial charge in [-0.05, 0) is 224 Å². The van der Waals surface area contributed by atoms with Gasteiger partial charge >= 0.3 is 0 Å². The molecule has 0 amide bonds. The van der Waals surface area contributed by atoms with Crippen molar-refractivity contribution in [2.24, 2.45) is 0 Å². The van der Waals surface area contributed by atoms with Crippen molar-refractivity contribution in [2.45, 2.75) is 254 Å². The van der Waals surface area contributed by atoms with E-state index < -0.39 is 0 Å². The van der Waals surface area contributed by atoms with Gasteiger partial charge in [-0.3, -0.25) is 0 Å². The van der Waals surface area contributed by atoms with Crippen LogP contribution in [0.25, 0.3) is 0 Å². The van der Waals surface area contributed by atoms with Gasteiger partial charge in [0.15, 0.2) is 0 Å². The third kappa shape index (κ3) is 21.9. The minimum Gasteiger partial charge on any atom is -0.0617 e. The fourth-order valence-electron chi connectivity index (χ4n) is 9.66. The molecule has 0 atom stereocenters. The van der Waals surface area contributed by atoms with Gasteiger partial charge in [-0.25, -0.2) is 0 Å². The summed E-state index contributed by atoms with van der Waals surface area (Å²) >= 11 is 0. The number of rotatable bonds is 6. The van der Waals surface area contributed by atoms with Crippen molar-refractivity contribution in [2.75, 3.05) is 0 Å². The van der Waals surface area contributed by atoms with Gasteiger partial charge in [0.2, 0.25) is 0 Å². The molecule has 0 aliphatic heterocycles. The van der Waals surface area contributed by atoms with E-state index in [0.29, 0.717) is 35.5 Å². The maximum Gasteiger partial charge on any atom is -0.0129 e. The van der Waals surface area contributed by atoms with Crippen LogP contribution in [0.5, 0.6) is 0 Å². The Kier molecular flexibility index (Phi) is 27.4. The molecule has 0 N–H and O–H groups in total. The van der Waals surface area contributed by atoms with Crippen LogP contribution in [0.1, 0.15) is 271 Å². The van der Waals surface area contributed by atoms with Gasteiger partial charge in [0.05, 0.1) is 0 Å². The van der Waals surface area contributed by atoms with E-state index >= 15 is 0 Å². The summed E-state index contributed by atoms with van der Waals surface area (Å²) < 4.78 is 0. The molecule has 0 spiro atoms. The molecule has 6 aromatic rings. The van der Waals surface area contributed by atoms with Crippen LogP contribution in [0.4, 0.5) is 0 Å². The molecule has 0 fully saturated rings. The Morgan fingerprint density at radius 3 is 1.00 bits per heavy atom. The van der Waals surface area contributed by atoms with Crippen LogP contribution < -0.4 is 0 Å². The van der Waals surface area contributed by atoms with Gasteiger partial charge < -0.3 is 0 Å². The summed E-state index contributed by atoms with van der Waals surface area (Å²) in [5.74, 6) is 3.79. The van der Waals surface area contributed by atoms with Crippen molar-refractivity contribution >= 4 is 0 Å². The molecule has 0 radical (unpaired) electrons. The highest BCUT2D eigenvalue weighted by Gasteiger charge is 2.21. The van der Waals surface area contributed by atoms with Crippen molar-refractivity contribution in [3.63, 3.8) is 0 Å². The van der Waals surface area contributed by atoms with Crippen molar-refractivity contribution in [1.29, 1.82) is 0 Å². The lowest BCUT2D eigenvalue weighted by Gasteiger charge is -2.26. The zero-order chi connectivity index (χ0) is 57.3. The predicted octanol–water partition coefficient (Wildman–Crippen LogP) is 23.2. The normalized spacial score (nSPS) is 11.3. The first-order chi connectivity index (χ1) is 33.9. The van der Waals surface area contributed by atoms with Crippen molar-refractivity contribution in [3.05, 3.63) is 208 Å². The molecular formula is C74H112. The second-order valence-corrected chi connectivity index (χ2v) is 25.8. The molecule has 408 valence electrons. The molecule has 6 aromatic carbocycles. The molecule has 0 aromatic heterocycles. The van der Waals surface area contributed by atoms with E-state index in [1.807, 2.05) is 0 Å². The Balaban J connectivity index is 0.000000449. The first-order valence-corrected chi connectivity index (χ1v) is 28.4. The standard InChI is InChI=1S/C16H26.C15H24.C13H20.C11H16.C10H14.C9H12/c1-10(2)14-8-15(11(3)4)13(7)16(9-14)12(5)6;1-11-8-9-12(14(2,3)4)10-13(11)15(5,6)7;1-9(2)12-7-6-8-13(10(3)4)11(12)5;1-8(2)11-7-9(3)5-6-10(11)4;1-7-5-8(2)10(4)9(3)6-7;1-7-4-5-8(2)9(3)6-7/h8-12H,1-7H3;8-10H,1-7H3;6-10H,1-5H3;5-8H,1-4H3;5-6H,1-4H3;4-6H,1-3H3. The van der Waals surface area contributed by atoms with Gasteiger partial charge in [0.1, 0.15) is 0 Å². The third-order valence-corrected chi connectivity index (χ3v) is 14.8. The zero-order valence-corrected chi connectivity index (χ0v) is 53.7. The average molecular weight is 1000 g/mol. The minimum atomic E-state index is 0.241. The largest absolute Gasteiger partial charge is 0.0617 e. The summed E-state index contributed by atoms with van der Waals surface area (Å²) in [5.41, 5.74) is 29.2. The number of hydrogen-bond acceptors (Lipinski definition) is 0. The molecule has 0 bridgehead atoms. The van der Waals surface area contributed by atoms with E-state index in [0.717, 1.165) is 0 Å². The highest BCUT2D eigenvalue weighted by molar-refractivity contribution is 5.43. The second-order valence-electron chi connectivity index (χ2n) is 25.8. The Morgan fingerprint density at radius 2 is 0.649 bits per heavy atom. The summed E-state index contributed by atoms with van der Waals surface area (Å²) in [6.07, 6.45) is 0. The number of hydrogen-bond donors (Lipinski definition) is 0. The summed E-state index contributed by atoms with van der Waals surface area (Å²) in [4.78, 5) is 0. The Bertz CT molecular complexity index is 2560. The molecule has 0 heterocycles. The number of aryl methyl sites for hydroxylation is 9. The first kappa shape index (κ1) is 67.3. The van der Waals surface area contributed by atoms with Gasteiger partial charge in [-0.2, -0.15) is 0 Å². The zero-order valence-electron chi connectivity index (χ0n) is 53.7. The Morgan fingerprint density at radius 1 is 0.270 bits per heavy atom. The van der Waals surface area contributed by atoms with E-state index in [9.17, 15) is 0 Å². The Labute approximate surface area is 460 Å². The van der Waals surface area contributed by atoms with Crippen LogP contribution in [-0.4, -0.2) is 0 Å². The molecule has 0 unspecified atom stereocenters. The summed E-state index contributed by atoms with van der Waals surface area (Å²) in [5, 5.41) is 0. The lowest BCUT2D eigenvalue weighted by Crippen LogP contribution is -2.17. The molecule has 0 saturated carbocycles. The summed E-state index contributed by atoms with van der Waals surface area (Å²) in [6.45, 7) is 66.9. The first-order valence-electron chi connectivity index (χ1n) is 28.4. The van der Waals surface area contributed by atoms with Crippen LogP contribution in [0, 0.1) is 83.1 Å². The van der Waals surface area contributed by atoms with Crippen LogP contribution >= 0.6 is 0 Å². The molecule has 0 heteroatoms. The highest BCUT2D eigenvalue weighted by Crippen LogP contribution is 2.33. The van der Waals surface area contributed by atoms with Gasteiger partial charge in [0, 0.05) is 0 Å². The quantitative estimate of drug-likeness (QED) is 0.156. The lowest BCUT2D eigenvalue weighted by molar-refractivity contribution is 0.566. The second kappa shape index (κ2) is 30.2. The smallest absolute Gasteiger partial charge is 0.0129 e. The fraction of sp³-hybridized carbons (Fsp3) is 0.514. The van der Waals surface area contributed by atoms with Gasteiger partial charge in [-0.1, -0.05) is 238 Å². The molecule has 74 heavy (non-hydrogen) atoms. The third-order valence-electron chi connectivity index (χ3n) is 14.8. The van der Waals surface area contributed by atoms with Crippen LogP contribution in [0.15, 0.2) is 97.1 Å². The number of benzene rings is 6. The SMILES string of the molecule is Cc1c(C(C)C)cc(C(C)C)cc1C(C)C.Cc1c(C(C)C)cccc1C(C)C.Cc1cc(C)c(C)c(C)c1.Cc1ccc(C(C)(C)C)cc1C(C)(C)C.Cc1ccc(C)c(C(C)C)c1.Cc1ccc(C)c(C)c1. The van der Waals surface area contributed by atoms with E-state index in [-0.39, 0.29) is 10.8 Å². The predicted molar refractivity (Wildman–Crippen MR) is 337 cm³/mol. The topological polar surface area (TPSA) is 0 Å². The van der Waals surface area contributed by atoms with Gasteiger partial charge in [-0.15, -0.1) is 0 Å². The van der Waals surface area contributed by atoms with E-state index in [4.69, 9.17) is 0 Å². The van der Waals surface area contributed by atoms with Gasteiger partial charge in [0.25, 0.3) is 0 Å². The van der Waals surface area contributed by atoms with Crippen LogP contribution in [0.2, 0.25) is 0 Å². The van der Waals surface area contributed by atoms with Crippen LogP contribution in [0.3, 0.4) is 0 Å². The van der Waals surface area contributed by atoms with Crippen molar-refractivity contribution < 1.29 is 0 Å². The van der Waals surface area contributed by atoms with Crippen molar-refractivity contribution in [1.82, 2.24) is 0 Å². The molecule has 0 aliphatic rings. The molecular weight excluding hydrogens is 889 g/mol. The molecule has 0 saturated heterocycles. The molecule has 0 aliphatic carbocycles. The van der Waals surface area contributed by atoms with Crippen LogP contribution in [-0.2, 0) is 10.8 Å². The fourth-order valence-corrected chi connectivity index (χ4v) is 9.66. The average Bonchev–Trinajstić information content (AvgIpc) is 3.27. The molecule has 0 nitrogen and oxygen atoms in total. The monoisotopic (exact) mass is 1000 g/mol.